The molecule has 178 valence electrons. The Hall–Kier alpha value is -4.26. The average Bonchev–Trinajstić information content (AvgIpc) is 3.12. The third-order valence-corrected chi connectivity index (χ3v) is 6.56. The van der Waals surface area contributed by atoms with Gasteiger partial charge in [-0.3, -0.25) is 19.2 Å². The summed E-state index contributed by atoms with van der Waals surface area (Å²) in [6.07, 6.45) is -0.447. The lowest BCUT2D eigenvalue weighted by Gasteiger charge is -2.36. The molecular weight excluding hydrogens is 444 g/mol. The number of benzene rings is 3. The number of carbonyl (C=O) groups is 4. The second-order valence-electron chi connectivity index (χ2n) is 8.73. The van der Waals surface area contributed by atoms with E-state index in [0.717, 1.165) is 22.3 Å². The van der Waals surface area contributed by atoms with Crippen molar-refractivity contribution >= 4 is 23.6 Å². The summed E-state index contributed by atoms with van der Waals surface area (Å²) in [6, 6.07) is 17.9. The zero-order chi connectivity index (χ0) is 25.3. The van der Waals surface area contributed by atoms with Crippen LogP contribution in [-0.4, -0.2) is 39.6 Å². The molecule has 35 heavy (non-hydrogen) atoms. The minimum absolute atomic E-state index is 0.123. The molecule has 2 atom stereocenters. The molecule has 3 N–H and O–H groups in total. The highest BCUT2D eigenvalue weighted by atomic mass is 16.4. The fourth-order valence-electron chi connectivity index (χ4n) is 4.78. The normalized spacial score (nSPS) is 13.5. The van der Waals surface area contributed by atoms with Crippen LogP contribution in [-0.2, 0) is 9.59 Å². The number of aliphatic carboxylic acids is 1. The van der Waals surface area contributed by atoms with E-state index in [1.54, 1.807) is 37.3 Å². The highest BCUT2D eigenvalue weighted by Gasteiger charge is 2.35. The Morgan fingerprint density at radius 2 is 1.54 bits per heavy atom. The lowest BCUT2D eigenvalue weighted by atomic mass is 9.96. The van der Waals surface area contributed by atoms with E-state index in [4.69, 9.17) is 5.73 Å². The van der Waals surface area contributed by atoms with Crippen LogP contribution in [0.15, 0.2) is 66.7 Å². The monoisotopic (exact) mass is 470 g/mol. The van der Waals surface area contributed by atoms with Crippen molar-refractivity contribution in [1.29, 1.82) is 0 Å². The topological polar surface area (TPSA) is 118 Å². The van der Waals surface area contributed by atoms with Crippen LogP contribution in [0.5, 0.6) is 0 Å². The molecule has 3 aromatic carbocycles. The smallest absolute Gasteiger partial charge is 0.303 e. The maximum absolute atomic E-state index is 13.9. The molecule has 1 aliphatic rings. The molecule has 0 heterocycles. The van der Waals surface area contributed by atoms with Crippen LogP contribution >= 0.6 is 0 Å². The minimum Gasteiger partial charge on any atom is -0.481 e. The van der Waals surface area contributed by atoms with Gasteiger partial charge in [-0.1, -0.05) is 54.6 Å². The zero-order valence-electron chi connectivity index (χ0n) is 19.5. The van der Waals surface area contributed by atoms with Crippen LogP contribution in [0.3, 0.4) is 0 Å². The van der Waals surface area contributed by atoms with E-state index in [9.17, 15) is 24.3 Å². The molecule has 0 aliphatic heterocycles. The number of rotatable bonds is 8. The Bertz CT molecular complexity index is 1350. The molecular formula is C28H26N2O5. The van der Waals surface area contributed by atoms with Gasteiger partial charge in [-0.2, -0.15) is 0 Å². The van der Waals surface area contributed by atoms with E-state index in [0.29, 0.717) is 11.1 Å². The predicted octanol–water partition coefficient (Wildman–Crippen LogP) is 4.13. The highest BCUT2D eigenvalue weighted by Crippen LogP contribution is 2.37. The summed E-state index contributed by atoms with van der Waals surface area (Å²) in [5.41, 5.74) is 10.2. The fourth-order valence-corrected chi connectivity index (χ4v) is 4.78. The van der Waals surface area contributed by atoms with Crippen molar-refractivity contribution in [3.63, 3.8) is 0 Å². The number of ketones is 1. The van der Waals surface area contributed by atoms with Crippen molar-refractivity contribution in [2.75, 3.05) is 0 Å². The van der Waals surface area contributed by atoms with Crippen LogP contribution < -0.4 is 5.73 Å². The van der Waals surface area contributed by atoms with E-state index < -0.39 is 29.9 Å². The van der Waals surface area contributed by atoms with Crippen LogP contribution in [0.1, 0.15) is 63.2 Å². The first-order valence-corrected chi connectivity index (χ1v) is 11.4. The first-order chi connectivity index (χ1) is 16.7. The molecule has 1 aliphatic carbocycles. The second-order valence-corrected chi connectivity index (χ2v) is 8.73. The van der Waals surface area contributed by atoms with Crippen molar-refractivity contribution < 1.29 is 24.3 Å². The van der Waals surface area contributed by atoms with Crippen molar-refractivity contribution in [2.24, 2.45) is 5.73 Å². The van der Waals surface area contributed by atoms with Gasteiger partial charge >= 0.3 is 5.97 Å². The number of amides is 2. The Morgan fingerprint density at radius 1 is 0.914 bits per heavy atom. The Labute approximate surface area is 203 Å². The van der Waals surface area contributed by atoms with Gasteiger partial charge in [-0.15, -0.1) is 0 Å². The van der Waals surface area contributed by atoms with Gasteiger partial charge in [-0.25, -0.2) is 0 Å². The standard InChI is InChI=1S/C28H26N2O5/c1-16-7-3-4-8-19(16)17(2)30(24(27(29)34)13-14-25(31)32)28(35)18-11-12-21-20-9-5-6-10-22(20)26(33)23(21)15-18/h3-12,15,17,24H,13-14H2,1-2H3,(H2,29,34)(H,31,32)/t17?,24-/m0/s1. The first kappa shape index (κ1) is 23.9. The summed E-state index contributed by atoms with van der Waals surface area (Å²) in [5, 5.41) is 9.21. The molecule has 7 heteroatoms. The molecule has 0 radical (unpaired) electrons. The quantitative estimate of drug-likeness (QED) is 0.401. The van der Waals surface area contributed by atoms with Gasteiger partial charge in [0.2, 0.25) is 5.91 Å². The number of aryl methyl sites for hydroxylation is 1. The lowest BCUT2D eigenvalue weighted by molar-refractivity contribution is -0.137. The van der Waals surface area contributed by atoms with Gasteiger partial charge < -0.3 is 15.7 Å². The molecule has 7 nitrogen and oxygen atoms in total. The summed E-state index contributed by atoms with van der Waals surface area (Å²) in [7, 11) is 0. The third-order valence-electron chi connectivity index (χ3n) is 6.56. The number of hydrogen-bond acceptors (Lipinski definition) is 4. The summed E-state index contributed by atoms with van der Waals surface area (Å²) in [5.74, 6) is -2.54. The van der Waals surface area contributed by atoms with Crippen LogP contribution in [0, 0.1) is 6.92 Å². The lowest BCUT2D eigenvalue weighted by Crippen LogP contribution is -2.49. The summed E-state index contributed by atoms with van der Waals surface area (Å²) in [6.45, 7) is 3.68. The molecule has 2 amide bonds. The van der Waals surface area contributed by atoms with Gasteiger partial charge in [0.1, 0.15) is 6.04 Å². The third kappa shape index (κ3) is 4.45. The van der Waals surface area contributed by atoms with Crippen LogP contribution in [0.25, 0.3) is 11.1 Å². The van der Waals surface area contributed by atoms with E-state index in [1.807, 2.05) is 43.3 Å². The number of hydrogen-bond donors (Lipinski definition) is 2. The Balaban J connectivity index is 1.78. The molecule has 0 fully saturated rings. The first-order valence-electron chi connectivity index (χ1n) is 11.4. The number of nitrogens with zero attached hydrogens (tertiary/aromatic N) is 1. The minimum atomic E-state index is -1.14. The molecule has 1 unspecified atom stereocenters. The molecule has 0 saturated heterocycles. The molecule has 0 saturated carbocycles. The largest absolute Gasteiger partial charge is 0.481 e. The van der Waals surface area contributed by atoms with E-state index in [-0.39, 0.29) is 24.2 Å². The maximum Gasteiger partial charge on any atom is 0.303 e. The Kier molecular flexibility index (Phi) is 6.51. The molecule has 0 bridgehead atoms. The van der Waals surface area contributed by atoms with Gasteiger partial charge in [0.25, 0.3) is 5.91 Å². The van der Waals surface area contributed by atoms with Gasteiger partial charge in [0.15, 0.2) is 5.78 Å². The van der Waals surface area contributed by atoms with Crippen LogP contribution in [0.2, 0.25) is 0 Å². The zero-order valence-corrected chi connectivity index (χ0v) is 19.5. The highest BCUT2D eigenvalue weighted by molar-refractivity contribution is 6.22. The van der Waals surface area contributed by atoms with E-state index in [1.165, 1.54) is 4.90 Å². The summed E-state index contributed by atoms with van der Waals surface area (Å²) < 4.78 is 0. The molecule has 4 rings (SSSR count). The van der Waals surface area contributed by atoms with Crippen molar-refractivity contribution in [3.8, 4) is 11.1 Å². The van der Waals surface area contributed by atoms with Crippen molar-refractivity contribution in [3.05, 3.63) is 94.5 Å². The number of fused-ring (bicyclic) bond motifs is 3. The molecule has 0 spiro atoms. The van der Waals surface area contributed by atoms with E-state index >= 15 is 0 Å². The van der Waals surface area contributed by atoms with Crippen LogP contribution in [0.4, 0.5) is 0 Å². The predicted molar refractivity (Wildman–Crippen MR) is 131 cm³/mol. The van der Waals surface area contributed by atoms with Crippen molar-refractivity contribution in [1.82, 2.24) is 4.90 Å². The maximum atomic E-state index is 13.9. The Morgan fingerprint density at radius 3 is 2.20 bits per heavy atom. The number of carboxylic acid groups (broad SMARTS) is 1. The molecule has 0 aromatic heterocycles. The van der Waals surface area contributed by atoms with Gasteiger partial charge in [0.05, 0.1) is 6.04 Å². The van der Waals surface area contributed by atoms with Gasteiger partial charge in [-0.05, 0) is 54.7 Å². The number of primary amides is 1. The number of carboxylic acids is 1. The fraction of sp³-hybridized carbons (Fsp3) is 0.214. The summed E-state index contributed by atoms with van der Waals surface area (Å²) >= 11 is 0. The SMILES string of the molecule is Cc1ccccc1C(C)N(C(=O)c1ccc2c(c1)C(=O)c1ccccc1-2)[C@@H](CCC(=O)O)C(N)=O. The summed E-state index contributed by atoms with van der Waals surface area (Å²) in [4.78, 5) is 52.0. The number of nitrogens with two attached hydrogens (primary N) is 1. The second kappa shape index (κ2) is 9.54. The van der Waals surface area contributed by atoms with Crippen molar-refractivity contribution in [2.45, 2.75) is 38.8 Å². The molecule has 3 aromatic rings. The van der Waals surface area contributed by atoms with E-state index in [2.05, 4.69) is 0 Å². The number of carbonyl (C=O) groups excluding carboxylic acids is 3. The van der Waals surface area contributed by atoms with Gasteiger partial charge in [0, 0.05) is 23.1 Å². The average molecular weight is 471 g/mol.